The van der Waals surface area contributed by atoms with Crippen molar-refractivity contribution in [2.75, 3.05) is 0 Å². The van der Waals surface area contributed by atoms with E-state index in [0.29, 0.717) is 0 Å². The fraction of sp³-hybridized carbons (Fsp3) is 0.857. The molecule has 0 aliphatic carbocycles. The van der Waals surface area contributed by atoms with Gasteiger partial charge in [-0.1, -0.05) is 95.9 Å². The molecule has 7 heteroatoms. The molecule has 4 atom stereocenters. The molecule has 1 heterocycles. The molecule has 35 heavy (non-hydrogen) atoms. The fourth-order valence-corrected chi connectivity index (χ4v) is 4.34. The van der Waals surface area contributed by atoms with E-state index in [4.69, 9.17) is 10.8 Å². The molecule has 3 N–H and O–H groups in total. The third-order valence-corrected chi connectivity index (χ3v) is 6.33. The molecule has 1 fully saturated rings. The van der Waals surface area contributed by atoms with Crippen molar-refractivity contribution < 1.29 is 29.0 Å². The van der Waals surface area contributed by atoms with Gasteiger partial charge in [-0.25, -0.2) is 0 Å². The summed E-state index contributed by atoms with van der Waals surface area (Å²) in [6.07, 6.45) is 2.77. The topological polar surface area (TPSA) is 124 Å². The lowest BCUT2D eigenvalue weighted by Crippen LogP contribution is -2.40. The van der Waals surface area contributed by atoms with Gasteiger partial charge in [0.1, 0.15) is 0 Å². The van der Waals surface area contributed by atoms with Crippen molar-refractivity contribution in [3.05, 3.63) is 0 Å². The molecule has 0 aromatic heterocycles. The van der Waals surface area contributed by atoms with E-state index in [1.165, 1.54) is 12.8 Å². The lowest BCUT2D eigenvalue weighted by molar-refractivity contribution is -0.154. The predicted molar refractivity (Wildman–Crippen MR) is 140 cm³/mol. The number of ether oxygens (including phenoxy) is 1. The van der Waals surface area contributed by atoms with Crippen molar-refractivity contribution in [2.45, 2.75) is 95.9 Å². The van der Waals surface area contributed by atoms with Crippen LogP contribution in [0.3, 0.4) is 0 Å². The van der Waals surface area contributed by atoms with Crippen molar-refractivity contribution in [3.63, 3.8) is 0 Å². The van der Waals surface area contributed by atoms with E-state index in [-0.39, 0.29) is 47.4 Å². The molecule has 4 unspecified atom stereocenters. The van der Waals surface area contributed by atoms with Gasteiger partial charge in [-0.15, -0.1) is 0 Å². The highest BCUT2D eigenvalue weighted by atomic mass is 16.6. The van der Waals surface area contributed by atoms with Gasteiger partial charge < -0.3 is 15.6 Å². The van der Waals surface area contributed by atoms with E-state index in [1.54, 1.807) is 13.8 Å². The van der Waals surface area contributed by atoms with Crippen LogP contribution in [-0.2, 0) is 23.9 Å². The summed E-state index contributed by atoms with van der Waals surface area (Å²) < 4.78 is 4.63. The maximum Gasteiger partial charge on any atom is 0.317 e. The molecule has 7 nitrogen and oxygen atoms in total. The van der Waals surface area contributed by atoms with Crippen molar-refractivity contribution in [3.8, 4) is 0 Å². The Hall–Kier alpha value is -1.92. The molecule has 206 valence electrons. The van der Waals surface area contributed by atoms with E-state index in [9.17, 15) is 19.2 Å². The van der Waals surface area contributed by atoms with Crippen LogP contribution in [0.25, 0.3) is 0 Å². The Morgan fingerprint density at radius 3 is 1.17 bits per heavy atom. The smallest absolute Gasteiger partial charge is 0.317 e. The minimum atomic E-state index is -0.947. The molecule has 0 spiro atoms. The van der Waals surface area contributed by atoms with Crippen molar-refractivity contribution in [1.82, 2.24) is 0 Å². The Morgan fingerprint density at radius 2 is 1.03 bits per heavy atom. The average molecular weight is 500 g/mol. The first kappa shape index (κ1) is 35.2. The predicted octanol–water partition coefficient (Wildman–Crippen LogP) is 5.79. The number of carbonyl (C=O) groups is 4. The molecule has 1 aliphatic heterocycles. The maximum atomic E-state index is 11.3. The average Bonchev–Trinajstić information content (AvgIpc) is 2.98. The first-order valence-corrected chi connectivity index (χ1v) is 13.1. The number of hydrogen-bond donors (Lipinski definition) is 2. The second-order valence-corrected chi connectivity index (χ2v) is 11.9. The molecule has 0 aromatic rings. The first-order chi connectivity index (χ1) is 15.9. The number of carbonyl (C=O) groups excluding carboxylic acids is 3. The quantitative estimate of drug-likeness (QED) is 0.289. The summed E-state index contributed by atoms with van der Waals surface area (Å²) in [6.45, 7) is 24.1. The number of aliphatic carboxylic acids is 1. The first-order valence-electron chi connectivity index (χ1n) is 13.1. The summed E-state index contributed by atoms with van der Waals surface area (Å²) in [5.41, 5.74) is 5.21. The second kappa shape index (κ2) is 16.7. The molecule has 0 radical (unpaired) electrons. The fourth-order valence-electron chi connectivity index (χ4n) is 4.34. The molecular formula is C28H53NO6. The van der Waals surface area contributed by atoms with Gasteiger partial charge in [0.2, 0.25) is 5.91 Å². The number of carboxylic acids is 1. The highest BCUT2D eigenvalue weighted by molar-refractivity contribution is 5.96. The van der Waals surface area contributed by atoms with Crippen LogP contribution in [0.4, 0.5) is 0 Å². The minimum Gasteiger partial charge on any atom is -0.481 e. The maximum absolute atomic E-state index is 11.3. The van der Waals surface area contributed by atoms with Crippen LogP contribution in [0.1, 0.15) is 95.9 Å². The Labute approximate surface area is 213 Å². The zero-order valence-corrected chi connectivity index (χ0v) is 24.3. The highest BCUT2D eigenvalue weighted by Crippen LogP contribution is 2.34. The largest absolute Gasteiger partial charge is 0.481 e. The summed E-state index contributed by atoms with van der Waals surface area (Å²) in [5.74, 6) is -1.95. The van der Waals surface area contributed by atoms with Crippen LogP contribution in [-0.4, -0.2) is 28.9 Å². The number of rotatable bonds is 10. The third kappa shape index (κ3) is 13.1. The van der Waals surface area contributed by atoms with Gasteiger partial charge in [0.15, 0.2) is 0 Å². The van der Waals surface area contributed by atoms with Gasteiger partial charge in [0.05, 0.1) is 23.7 Å². The molecule has 0 saturated carbocycles. The monoisotopic (exact) mass is 499 g/mol. The van der Waals surface area contributed by atoms with E-state index in [1.807, 2.05) is 41.5 Å². The lowest BCUT2D eigenvalue weighted by atomic mass is 9.77. The summed E-state index contributed by atoms with van der Waals surface area (Å²) in [4.78, 5) is 44.7. The molecule has 0 bridgehead atoms. The zero-order valence-electron chi connectivity index (χ0n) is 24.3. The molecular weight excluding hydrogens is 446 g/mol. The zero-order chi connectivity index (χ0) is 28.2. The number of nitrogens with two attached hydrogens (primary N) is 1. The minimum absolute atomic E-state index is 0.0454. The number of amides is 1. The van der Waals surface area contributed by atoms with Gasteiger partial charge in [0.25, 0.3) is 0 Å². The lowest BCUT2D eigenvalue weighted by Gasteiger charge is -2.27. The molecule has 1 saturated heterocycles. The second-order valence-electron chi connectivity index (χ2n) is 11.9. The molecule has 1 aliphatic rings. The number of carboxylic acid groups (broad SMARTS) is 1. The molecule has 1 rings (SSSR count). The number of esters is 2. The van der Waals surface area contributed by atoms with Gasteiger partial charge in [0, 0.05) is 0 Å². The van der Waals surface area contributed by atoms with E-state index in [0.717, 1.165) is 11.8 Å². The van der Waals surface area contributed by atoms with Gasteiger partial charge in [-0.05, 0) is 35.5 Å². The van der Waals surface area contributed by atoms with Crippen molar-refractivity contribution in [1.29, 1.82) is 0 Å². The van der Waals surface area contributed by atoms with Crippen LogP contribution < -0.4 is 5.73 Å². The third-order valence-electron chi connectivity index (χ3n) is 6.33. The molecule has 1 amide bonds. The molecule has 0 aromatic carbocycles. The van der Waals surface area contributed by atoms with E-state index >= 15 is 0 Å². The van der Waals surface area contributed by atoms with Gasteiger partial charge in [-0.2, -0.15) is 0 Å². The van der Waals surface area contributed by atoms with Crippen LogP contribution in [0.5, 0.6) is 0 Å². The van der Waals surface area contributed by atoms with Gasteiger partial charge >= 0.3 is 17.9 Å². The van der Waals surface area contributed by atoms with E-state index < -0.39 is 23.7 Å². The normalized spacial score (nSPS) is 19.5. The van der Waals surface area contributed by atoms with Crippen LogP contribution >= 0.6 is 0 Å². The van der Waals surface area contributed by atoms with Crippen LogP contribution in [0.15, 0.2) is 0 Å². The van der Waals surface area contributed by atoms with Crippen LogP contribution in [0.2, 0.25) is 0 Å². The Balaban J connectivity index is 0. The highest BCUT2D eigenvalue weighted by Gasteiger charge is 2.47. The van der Waals surface area contributed by atoms with Crippen molar-refractivity contribution >= 4 is 23.8 Å². The Bertz CT molecular complexity index is 610. The summed E-state index contributed by atoms with van der Waals surface area (Å²) in [5, 5.41) is 9.00. The van der Waals surface area contributed by atoms with Crippen molar-refractivity contribution in [2.24, 2.45) is 64.9 Å². The van der Waals surface area contributed by atoms with Gasteiger partial charge in [-0.3, -0.25) is 19.2 Å². The number of primary amides is 1. The Morgan fingerprint density at radius 1 is 0.714 bits per heavy atom. The van der Waals surface area contributed by atoms with E-state index in [2.05, 4.69) is 32.4 Å². The van der Waals surface area contributed by atoms with Crippen LogP contribution in [0, 0.1) is 59.2 Å². The standard InChI is InChI=1S/C10H19NO3.C10H16O3.C8H18/c1-5(2)7(9(11)12)8(6(3)4)10(13)14;1-5(2)7-8(6(3)4)10(12)13-9(7)11;1-7(2)5-6-8(3)4/h5-8H,1-4H3,(H2,11,12)(H,13,14);5-8H,1-4H3;7-8H,5-6H2,1-4H3. The number of hydrogen-bond acceptors (Lipinski definition) is 5. The number of cyclic esters (lactones) is 2. The SMILES string of the molecule is CC(C)C(C(N)=O)C(C(=O)O)C(C)C.CC(C)C1C(=O)OC(=O)C1C(C)C.CC(C)CCC(C)C. The summed E-state index contributed by atoms with van der Waals surface area (Å²) >= 11 is 0. The summed E-state index contributed by atoms with van der Waals surface area (Å²) in [6, 6.07) is 0. The summed E-state index contributed by atoms with van der Waals surface area (Å²) in [7, 11) is 0. The Kier molecular flexibility index (Phi) is 16.8.